The number of aromatic nitrogens is 7. The number of carbonyl (C=O) groups excluding carboxylic acids is 1. The summed E-state index contributed by atoms with van der Waals surface area (Å²) in [5.41, 5.74) is 1.19. The predicted octanol–water partition coefficient (Wildman–Crippen LogP) is 3.23. The number of nitriles is 1. The van der Waals surface area contributed by atoms with E-state index in [1.54, 1.807) is 29.5 Å². The van der Waals surface area contributed by atoms with Gasteiger partial charge in [0.15, 0.2) is 5.82 Å². The van der Waals surface area contributed by atoms with Crippen molar-refractivity contribution in [3.05, 3.63) is 48.9 Å². The number of aromatic amines is 1. The molecule has 6 rings (SSSR count). The van der Waals surface area contributed by atoms with E-state index in [4.69, 9.17) is 0 Å². The molecule has 1 aliphatic heterocycles. The van der Waals surface area contributed by atoms with Crippen LogP contribution in [0.25, 0.3) is 22.4 Å². The van der Waals surface area contributed by atoms with Gasteiger partial charge in [-0.3, -0.25) is 4.79 Å². The Bertz CT molecular complexity index is 1520. The average Bonchev–Trinajstić information content (AvgIpc) is 3.41. The fraction of sp³-hybridized carbons (Fsp3) is 0.375. The molecule has 2 N–H and O–H groups in total. The van der Waals surface area contributed by atoms with Gasteiger partial charge in [-0.25, -0.2) is 24.6 Å². The summed E-state index contributed by atoms with van der Waals surface area (Å²) in [5.74, 6) is -0.657. The Morgan fingerprint density at radius 3 is 2.76 bits per heavy atom. The second kappa shape index (κ2) is 9.09. The summed E-state index contributed by atoms with van der Waals surface area (Å²) in [6, 6.07) is 2.17. The molecule has 0 radical (unpaired) electrons. The Labute approximate surface area is 213 Å². The van der Waals surface area contributed by atoms with Gasteiger partial charge in [0.05, 0.1) is 30.2 Å². The monoisotopic (exact) mass is 522 g/mol. The van der Waals surface area contributed by atoms with Crippen molar-refractivity contribution in [3.63, 3.8) is 0 Å². The lowest BCUT2D eigenvalue weighted by atomic mass is 9.92. The van der Waals surface area contributed by atoms with Crippen LogP contribution >= 0.6 is 0 Å². The summed E-state index contributed by atoms with van der Waals surface area (Å²) in [5, 5.41) is 16.7. The van der Waals surface area contributed by atoms with Crippen molar-refractivity contribution in [2.24, 2.45) is 11.8 Å². The molecular formula is C24H21F3N10O. The molecule has 194 valence electrons. The van der Waals surface area contributed by atoms with E-state index < -0.39 is 24.0 Å². The van der Waals surface area contributed by atoms with Gasteiger partial charge in [-0.05, 0) is 24.8 Å². The number of H-pyrrole nitrogens is 1. The number of rotatable bonds is 7. The van der Waals surface area contributed by atoms with Crippen LogP contribution in [0.5, 0.6) is 0 Å². The summed E-state index contributed by atoms with van der Waals surface area (Å²) < 4.78 is 41.5. The minimum Gasteiger partial charge on any atom is -0.346 e. The number of halogens is 3. The molecule has 0 bridgehead atoms. The van der Waals surface area contributed by atoms with Crippen LogP contribution in [-0.4, -0.2) is 59.4 Å². The van der Waals surface area contributed by atoms with Gasteiger partial charge in [0.1, 0.15) is 29.4 Å². The highest BCUT2D eigenvalue weighted by Gasteiger charge is 2.50. The van der Waals surface area contributed by atoms with Crippen molar-refractivity contribution in [2.45, 2.75) is 37.6 Å². The molecule has 3 atom stereocenters. The van der Waals surface area contributed by atoms with E-state index in [1.807, 2.05) is 11.0 Å². The molecule has 1 saturated heterocycles. The van der Waals surface area contributed by atoms with E-state index in [2.05, 4.69) is 41.4 Å². The number of anilines is 1. The molecule has 0 spiro atoms. The molecule has 2 unspecified atom stereocenters. The SMILES string of the molecule is N#CCC1CN(c2cnc(C(=O)N[C@@H](C3CC3)C(F)(F)F)cn2)C1n1cc(-c2ncc3cc[nH]c3n2)cn1. The highest BCUT2D eigenvalue weighted by Crippen LogP contribution is 2.41. The Hall–Kier alpha value is -4.54. The molecule has 38 heavy (non-hydrogen) atoms. The number of fused-ring (bicyclic) bond motifs is 1. The van der Waals surface area contributed by atoms with E-state index >= 15 is 0 Å². The van der Waals surface area contributed by atoms with E-state index in [1.165, 1.54) is 6.20 Å². The van der Waals surface area contributed by atoms with E-state index in [-0.39, 0.29) is 24.2 Å². The highest BCUT2D eigenvalue weighted by atomic mass is 19.4. The van der Waals surface area contributed by atoms with Crippen molar-refractivity contribution >= 4 is 22.8 Å². The standard InChI is InChI=1S/C24H21F3N10O/c25-24(26,27)19(13-1-2-13)34-22(38)17-9-31-18(10-30-17)36-11-15(3-5-28)23(36)37-12-16(8-33-37)21-32-7-14-4-6-29-20(14)35-21/h4,6-10,12-13,15,19,23H,1-3,11H2,(H,34,38)(H,29,32,35)/t15?,19-,23?/m0/s1. The van der Waals surface area contributed by atoms with Gasteiger partial charge in [0.2, 0.25) is 0 Å². The van der Waals surface area contributed by atoms with Gasteiger partial charge >= 0.3 is 6.18 Å². The highest BCUT2D eigenvalue weighted by molar-refractivity contribution is 5.92. The van der Waals surface area contributed by atoms with Crippen LogP contribution in [-0.2, 0) is 0 Å². The Morgan fingerprint density at radius 1 is 1.21 bits per heavy atom. The third-order valence-corrected chi connectivity index (χ3v) is 6.85. The van der Waals surface area contributed by atoms with Crippen molar-refractivity contribution in [1.29, 1.82) is 5.26 Å². The first-order valence-electron chi connectivity index (χ1n) is 12.0. The Balaban J connectivity index is 1.20. The molecule has 5 heterocycles. The van der Waals surface area contributed by atoms with Gasteiger partial charge in [-0.2, -0.15) is 23.5 Å². The van der Waals surface area contributed by atoms with Gasteiger partial charge < -0.3 is 15.2 Å². The predicted molar refractivity (Wildman–Crippen MR) is 127 cm³/mol. The molecule has 1 amide bonds. The third-order valence-electron chi connectivity index (χ3n) is 6.85. The molecule has 4 aromatic heterocycles. The fourth-order valence-electron chi connectivity index (χ4n) is 4.72. The van der Waals surface area contributed by atoms with Crippen LogP contribution in [0.4, 0.5) is 19.0 Å². The summed E-state index contributed by atoms with van der Waals surface area (Å²) in [6.07, 6.45) is 5.70. The lowest BCUT2D eigenvalue weighted by Crippen LogP contribution is -2.53. The largest absolute Gasteiger partial charge is 0.408 e. The van der Waals surface area contributed by atoms with Crippen LogP contribution in [0.3, 0.4) is 0 Å². The molecule has 1 saturated carbocycles. The number of carbonyl (C=O) groups is 1. The summed E-state index contributed by atoms with van der Waals surface area (Å²) in [7, 11) is 0. The number of nitrogens with one attached hydrogen (secondary N) is 2. The van der Waals surface area contributed by atoms with Gasteiger partial charge in [0, 0.05) is 42.9 Å². The minimum atomic E-state index is -4.52. The normalized spacial score (nSPS) is 20.1. The topological polar surface area (TPSA) is 141 Å². The molecule has 1 aliphatic carbocycles. The van der Waals surface area contributed by atoms with Crippen molar-refractivity contribution in [2.75, 3.05) is 11.4 Å². The molecular weight excluding hydrogens is 501 g/mol. The van der Waals surface area contributed by atoms with E-state index in [9.17, 15) is 23.2 Å². The smallest absolute Gasteiger partial charge is 0.346 e. The first-order valence-corrected chi connectivity index (χ1v) is 12.0. The first-order chi connectivity index (χ1) is 18.3. The molecule has 2 fully saturated rings. The molecule has 0 aromatic carbocycles. The second-order valence-electron chi connectivity index (χ2n) is 9.46. The third kappa shape index (κ3) is 4.40. The average molecular weight is 522 g/mol. The molecule has 2 aliphatic rings. The Kier molecular flexibility index (Phi) is 5.70. The zero-order chi connectivity index (χ0) is 26.4. The fourth-order valence-corrected chi connectivity index (χ4v) is 4.72. The van der Waals surface area contributed by atoms with Gasteiger partial charge in [-0.15, -0.1) is 0 Å². The Morgan fingerprint density at radius 2 is 2.05 bits per heavy atom. The van der Waals surface area contributed by atoms with E-state index in [0.717, 1.165) is 11.6 Å². The zero-order valence-electron chi connectivity index (χ0n) is 19.8. The van der Waals surface area contributed by atoms with Crippen molar-refractivity contribution < 1.29 is 18.0 Å². The van der Waals surface area contributed by atoms with Crippen LogP contribution in [0.15, 0.2) is 43.2 Å². The lowest BCUT2D eigenvalue weighted by Gasteiger charge is -2.47. The lowest BCUT2D eigenvalue weighted by molar-refractivity contribution is -0.158. The summed E-state index contributed by atoms with van der Waals surface area (Å²) in [6.45, 7) is 0.496. The number of nitrogens with zero attached hydrogens (tertiary/aromatic N) is 8. The number of hydrogen-bond acceptors (Lipinski definition) is 8. The zero-order valence-corrected chi connectivity index (χ0v) is 19.8. The van der Waals surface area contributed by atoms with Crippen LogP contribution in [0.2, 0.25) is 0 Å². The van der Waals surface area contributed by atoms with Gasteiger partial charge in [0.25, 0.3) is 5.91 Å². The minimum absolute atomic E-state index is 0.0459. The van der Waals surface area contributed by atoms with Crippen molar-refractivity contribution in [1.82, 2.24) is 40.0 Å². The van der Waals surface area contributed by atoms with Crippen LogP contribution in [0.1, 0.15) is 35.9 Å². The van der Waals surface area contributed by atoms with Crippen LogP contribution in [0, 0.1) is 23.2 Å². The summed E-state index contributed by atoms with van der Waals surface area (Å²) in [4.78, 5) is 34.6. The first kappa shape index (κ1) is 23.8. The number of hydrogen-bond donors (Lipinski definition) is 2. The number of amides is 1. The molecule has 4 aromatic rings. The maximum atomic E-state index is 13.3. The quantitative estimate of drug-likeness (QED) is 0.377. The summed E-state index contributed by atoms with van der Waals surface area (Å²) >= 11 is 0. The molecule has 14 heteroatoms. The second-order valence-corrected chi connectivity index (χ2v) is 9.46. The molecule has 11 nitrogen and oxygen atoms in total. The van der Waals surface area contributed by atoms with Crippen molar-refractivity contribution in [3.8, 4) is 17.5 Å². The number of alkyl halides is 3. The van der Waals surface area contributed by atoms with Crippen LogP contribution < -0.4 is 10.2 Å². The van der Waals surface area contributed by atoms with Gasteiger partial charge in [-0.1, -0.05) is 0 Å². The van der Waals surface area contributed by atoms with E-state index in [0.29, 0.717) is 42.2 Å². The maximum Gasteiger partial charge on any atom is 0.408 e. The maximum absolute atomic E-state index is 13.3.